The van der Waals surface area contributed by atoms with Crippen molar-refractivity contribution in [1.82, 2.24) is 4.90 Å². The molecule has 1 aliphatic rings. The molecule has 1 heterocycles. The van der Waals surface area contributed by atoms with E-state index in [1.807, 2.05) is 0 Å². The van der Waals surface area contributed by atoms with Crippen LogP contribution in [0, 0.1) is 0 Å². The predicted octanol–water partition coefficient (Wildman–Crippen LogP) is 2.77. The highest BCUT2D eigenvalue weighted by Crippen LogP contribution is 2.24. The Hall–Kier alpha value is -0.0800. The lowest BCUT2D eigenvalue weighted by Crippen LogP contribution is -2.56. The monoisotopic (exact) mass is 212 g/mol. The first-order valence-electron chi connectivity index (χ1n) is 6.59. The summed E-state index contributed by atoms with van der Waals surface area (Å²) >= 11 is 0. The van der Waals surface area contributed by atoms with Crippen LogP contribution >= 0.6 is 0 Å². The highest BCUT2D eigenvalue weighted by molar-refractivity contribution is 4.91. The van der Waals surface area contributed by atoms with Gasteiger partial charge in [-0.2, -0.15) is 0 Å². The fourth-order valence-corrected chi connectivity index (χ4v) is 2.55. The van der Waals surface area contributed by atoms with Crippen LogP contribution in [-0.2, 0) is 0 Å². The van der Waals surface area contributed by atoms with E-state index in [2.05, 4.69) is 25.7 Å². The average Bonchev–Trinajstić information content (AvgIpc) is 2.46. The molecular weight excluding hydrogens is 184 g/mol. The first-order chi connectivity index (χ1) is 7.09. The number of hydrogen-bond acceptors (Lipinski definition) is 2. The van der Waals surface area contributed by atoms with Crippen LogP contribution in [-0.4, -0.2) is 29.6 Å². The summed E-state index contributed by atoms with van der Waals surface area (Å²) in [5.41, 5.74) is 6.48. The molecule has 90 valence electrons. The standard InChI is InChI=1S/C13H28N2/c1-4-9-12(14)13(2,3)15-10-7-5-6-8-11-15/h12H,4-11,14H2,1-3H3. The van der Waals surface area contributed by atoms with E-state index in [-0.39, 0.29) is 5.54 Å². The summed E-state index contributed by atoms with van der Waals surface area (Å²) in [5.74, 6) is 0. The molecule has 2 nitrogen and oxygen atoms in total. The predicted molar refractivity (Wildman–Crippen MR) is 67.0 cm³/mol. The Bertz CT molecular complexity index is 169. The van der Waals surface area contributed by atoms with Crippen LogP contribution in [0.2, 0.25) is 0 Å². The third-order valence-corrected chi connectivity index (χ3v) is 3.93. The SMILES string of the molecule is CCCC(N)C(C)(C)N1CCCCCC1. The highest BCUT2D eigenvalue weighted by Gasteiger charge is 2.32. The van der Waals surface area contributed by atoms with Gasteiger partial charge in [-0.3, -0.25) is 4.90 Å². The number of nitrogens with zero attached hydrogens (tertiary/aromatic N) is 1. The van der Waals surface area contributed by atoms with E-state index >= 15 is 0 Å². The molecule has 0 spiro atoms. The molecule has 15 heavy (non-hydrogen) atoms. The molecule has 0 aliphatic carbocycles. The van der Waals surface area contributed by atoms with E-state index in [0.717, 1.165) is 6.42 Å². The van der Waals surface area contributed by atoms with Crippen molar-refractivity contribution in [3.05, 3.63) is 0 Å². The van der Waals surface area contributed by atoms with Crippen LogP contribution in [0.15, 0.2) is 0 Å². The van der Waals surface area contributed by atoms with Gasteiger partial charge in [-0.1, -0.05) is 26.2 Å². The van der Waals surface area contributed by atoms with E-state index < -0.39 is 0 Å². The van der Waals surface area contributed by atoms with E-state index in [1.165, 1.54) is 45.2 Å². The molecule has 2 heteroatoms. The largest absolute Gasteiger partial charge is 0.326 e. The van der Waals surface area contributed by atoms with Gasteiger partial charge in [-0.25, -0.2) is 0 Å². The third kappa shape index (κ3) is 3.46. The van der Waals surface area contributed by atoms with Gasteiger partial charge in [0.15, 0.2) is 0 Å². The van der Waals surface area contributed by atoms with Gasteiger partial charge >= 0.3 is 0 Å². The van der Waals surface area contributed by atoms with Crippen LogP contribution in [0.3, 0.4) is 0 Å². The molecule has 0 radical (unpaired) electrons. The summed E-state index contributed by atoms with van der Waals surface area (Å²) in [6.45, 7) is 9.34. The van der Waals surface area contributed by atoms with Gasteiger partial charge in [-0.15, -0.1) is 0 Å². The molecule has 0 aromatic heterocycles. The molecule has 1 fully saturated rings. The summed E-state index contributed by atoms with van der Waals surface area (Å²) < 4.78 is 0. The fourth-order valence-electron chi connectivity index (χ4n) is 2.55. The van der Waals surface area contributed by atoms with Crippen LogP contribution < -0.4 is 5.73 Å². The first kappa shape index (κ1) is 13.0. The quantitative estimate of drug-likeness (QED) is 0.776. The maximum absolute atomic E-state index is 6.30. The Labute approximate surface area is 95.2 Å². The first-order valence-corrected chi connectivity index (χ1v) is 6.59. The molecule has 1 saturated heterocycles. The van der Waals surface area contributed by atoms with Crippen molar-refractivity contribution in [2.24, 2.45) is 5.73 Å². The molecule has 0 aromatic carbocycles. The summed E-state index contributed by atoms with van der Waals surface area (Å²) in [5, 5.41) is 0. The van der Waals surface area contributed by atoms with E-state index in [9.17, 15) is 0 Å². The van der Waals surface area contributed by atoms with Crippen molar-refractivity contribution in [3.8, 4) is 0 Å². The zero-order valence-electron chi connectivity index (χ0n) is 10.8. The third-order valence-electron chi connectivity index (χ3n) is 3.93. The van der Waals surface area contributed by atoms with Gasteiger partial charge in [0, 0.05) is 11.6 Å². The molecule has 0 amide bonds. The van der Waals surface area contributed by atoms with Crippen LogP contribution in [0.5, 0.6) is 0 Å². The maximum Gasteiger partial charge on any atom is 0.0304 e. The average molecular weight is 212 g/mol. The Kier molecular flexibility index (Phi) is 5.07. The van der Waals surface area contributed by atoms with E-state index in [4.69, 9.17) is 5.73 Å². The van der Waals surface area contributed by atoms with Crippen LogP contribution in [0.4, 0.5) is 0 Å². The summed E-state index contributed by atoms with van der Waals surface area (Å²) in [6, 6.07) is 0.320. The fraction of sp³-hybridized carbons (Fsp3) is 1.00. The second-order valence-corrected chi connectivity index (χ2v) is 5.45. The molecule has 0 saturated carbocycles. The van der Waals surface area contributed by atoms with Crippen molar-refractivity contribution < 1.29 is 0 Å². The van der Waals surface area contributed by atoms with Gasteiger partial charge in [0.1, 0.15) is 0 Å². The lowest BCUT2D eigenvalue weighted by molar-refractivity contribution is 0.0945. The number of likely N-dealkylation sites (tertiary alicyclic amines) is 1. The lowest BCUT2D eigenvalue weighted by atomic mass is 9.89. The second kappa shape index (κ2) is 5.86. The van der Waals surface area contributed by atoms with E-state index in [1.54, 1.807) is 0 Å². The zero-order chi connectivity index (χ0) is 11.3. The smallest absolute Gasteiger partial charge is 0.0304 e. The summed E-state index contributed by atoms with van der Waals surface area (Å²) in [7, 11) is 0. The molecule has 2 N–H and O–H groups in total. The van der Waals surface area contributed by atoms with Gasteiger partial charge in [-0.05, 0) is 46.2 Å². The molecule has 1 unspecified atom stereocenters. The minimum atomic E-state index is 0.181. The number of rotatable bonds is 4. The van der Waals surface area contributed by atoms with Crippen LogP contribution in [0.1, 0.15) is 59.3 Å². The number of nitrogens with two attached hydrogens (primary N) is 1. The summed E-state index contributed by atoms with van der Waals surface area (Å²) in [4.78, 5) is 2.61. The molecule has 0 aromatic rings. The summed E-state index contributed by atoms with van der Waals surface area (Å²) in [6.07, 6.45) is 7.83. The normalized spacial score (nSPS) is 22.4. The van der Waals surface area contributed by atoms with Crippen molar-refractivity contribution in [3.63, 3.8) is 0 Å². The van der Waals surface area contributed by atoms with Crippen LogP contribution in [0.25, 0.3) is 0 Å². The second-order valence-electron chi connectivity index (χ2n) is 5.45. The van der Waals surface area contributed by atoms with Gasteiger partial charge in [0.05, 0.1) is 0 Å². The number of hydrogen-bond donors (Lipinski definition) is 1. The molecular formula is C13H28N2. The molecule has 1 atom stereocenters. The Morgan fingerprint density at radius 3 is 2.13 bits per heavy atom. The van der Waals surface area contributed by atoms with Crippen molar-refractivity contribution in [2.45, 2.75) is 70.9 Å². The minimum Gasteiger partial charge on any atom is -0.326 e. The maximum atomic E-state index is 6.30. The topological polar surface area (TPSA) is 29.3 Å². The van der Waals surface area contributed by atoms with Crippen molar-refractivity contribution in [1.29, 1.82) is 0 Å². The van der Waals surface area contributed by atoms with E-state index in [0.29, 0.717) is 6.04 Å². The Morgan fingerprint density at radius 1 is 1.13 bits per heavy atom. The molecule has 1 aliphatic heterocycles. The molecule has 0 bridgehead atoms. The lowest BCUT2D eigenvalue weighted by Gasteiger charge is -2.42. The van der Waals surface area contributed by atoms with Crippen molar-refractivity contribution in [2.75, 3.05) is 13.1 Å². The minimum absolute atomic E-state index is 0.181. The Morgan fingerprint density at radius 2 is 1.67 bits per heavy atom. The van der Waals surface area contributed by atoms with Crippen molar-refractivity contribution >= 4 is 0 Å². The van der Waals surface area contributed by atoms with Gasteiger partial charge < -0.3 is 5.73 Å². The highest BCUT2D eigenvalue weighted by atomic mass is 15.2. The zero-order valence-corrected chi connectivity index (χ0v) is 10.8. The van der Waals surface area contributed by atoms with Gasteiger partial charge in [0.25, 0.3) is 0 Å². The molecule has 1 rings (SSSR count). The van der Waals surface area contributed by atoms with Gasteiger partial charge in [0.2, 0.25) is 0 Å². The Balaban J connectivity index is 2.56.